The topological polar surface area (TPSA) is 92.3 Å². The van der Waals surface area contributed by atoms with Gasteiger partial charge in [-0.05, 0) is 42.9 Å². The first-order valence-corrected chi connectivity index (χ1v) is 10.4. The quantitative estimate of drug-likeness (QED) is 0.852. The van der Waals surface area contributed by atoms with Gasteiger partial charge in [-0.25, -0.2) is 13.1 Å². The number of likely N-dealkylation sites (tertiary alicyclic amines) is 1. The van der Waals surface area contributed by atoms with Gasteiger partial charge in [0.1, 0.15) is 4.88 Å². The van der Waals surface area contributed by atoms with E-state index in [4.69, 9.17) is 0 Å². The molecule has 1 N–H and O–H groups in total. The average molecular weight is 380 g/mol. The lowest BCUT2D eigenvalue weighted by Gasteiger charge is -2.32. The maximum absolute atomic E-state index is 12.6. The van der Waals surface area contributed by atoms with Crippen molar-refractivity contribution >= 4 is 27.5 Å². The Bertz CT molecular complexity index is 828. The predicted molar refractivity (Wildman–Crippen MR) is 95.0 cm³/mol. The Labute approximate surface area is 151 Å². The summed E-state index contributed by atoms with van der Waals surface area (Å²) < 4.78 is 31.4. The Morgan fingerprint density at radius 1 is 1.28 bits per heavy atom. The number of sulfonamides is 1. The van der Waals surface area contributed by atoms with E-state index in [1.807, 2.05) is 6.92 Å². The summed E-state index contributed by atoms with van der Waals surface area (Å²) in [6, 6.07) is 8.16. The zero-order chi connectivity index (χ0) is 17.9. The highest BCUT2D eigenvalue weighted by Crippen LogP contribution is 2.19. The van der Waals surface area contributed by atoms with Gasteiger partial charge in [0.15, 0.2) is 0 Å². The van der Waals surface area contributed by atoms with Crippen LogP contribution < -0.4 is 4.72 Å². The molecule has 1 amide bonds. The van der Waals surface area contributed by atoms with Crippen molar-refractivity contribution in [2.75, 3.05) is 13.1 Å². The molecular weight excluding hydrogens is 360 g/mol. The number of carbonyl (C=O) groups excluding carboxylic acids is 1. The van der Waals surface area contributed by atoms with E-state index in [1.165, 1.54) is 0 Å². The SMILES string of the molecule is CCc1nnsc1C(=O)N1CCC(NS(=O)(=O)c2ccccc2)CC1. The van der Waals surface area contributed by atoms with Crippen LogP contribution in [0.5, 0.6) is 0 Å². The Balaban J connectivity index is 1.60. The van der Waals surface area contributed by atoms with Crippen LogP contribution in [0.2, 0.25) is 0 Å². The number of nitrogens with zero attached hydrogens (tertiary/aromatic N) is 3. The number of hydrogen-bond acceptors (Lipinski definition) is 6. The Hall–Kier alpha value is -1.84. The van der Waals surface area contributed by atoms with Crippen LogP contribution in [0.25, 0.3) is 0 Å². The van der Waals surface area contributed by atoms with Crippen molar-refractivity contribution in [1.82, 2.24) is 19.2 Å². The standard InChI is InChI=1S/C16H20N4O3S2/c1-2-14-15(24-19-17-14)16(21)20-10-8-12(9-11-20)18-25(22,23)13-6-4-3-5-7-13/h3-7,12,18H,2,8-11H2,1H3. The number of amides is 1. The third-order valence-corrected chi connectivity index (χ3v) is 6.53. The Morgan fingerprint density at radius 2 is 1.96 bits per heavy atom. The summed E-state index contributed by atoms with van der Waals surface area (Å²) in [7, 11) is -3.52. The fourth-order valence-corrected chi connectivity index (χ4v) is 4.88. The largest absolute Gasteiger partial charge is 0.338 e. The van der Waals surface area contributed by atoms with Crippen molar-refractivity contribution < 1.29 is 13.2 Å². The highest BCUT2D eigenvalue weighted by Gasteiger charge is 2.28. The second kappa shape index (κ2) is 7.59. The van der Waals surface area contributed by atoms with E-state index in [0.717, 1.165) is 17.2 Å². The molecule has 9 heteroatoms. The molecule has 3 rings (SSSR count). The average Bonchev–Trinajstić information content (AvgIpc) is 3.11. The smallest absolute Gasteiger partial charge is 0.267 e. The third kappa shape index (κ3) is 4.05. The van der Waals surface area contributed by atoms with Gasteiger partial charge < -0.3 is 4.90 Å². The zero-order valence-electron chi connectivity index (χ0n) is 13.9. The minimum absolute atomic E-state index is 0.0591. The summed E-state index contributed by atoms with van der Waals surface area (Å²) in [6.07, 6.45) is 1.85. The molecule has 0 saturated carbocycles. The van der Waals surface area contributed by atoms with E-state index in [9.17, 15) is 13.2 Å². The molecule has 0 spiro atoms. The van der Waals surface area contributed by atoms with Gasteiger partial charge in [-0.3, -0.25) is 4.79 Å². The van der Waals surface area contributed by atoms with E-state index in [2.05, 4.69) is 14.3 Å². The van der Waals surface area contributed by atoms with Crippen LogP contribution in [0.3, 0.4) is 0 Å². The molecule has 2 aromatic rings. The van der Waals surface area contributed by atoms with Crippen molar-refractivity contribution in [1.29, 1.82) is 0 Å². The van der Waals surface area contributed by atoms with E-state index in [-0.39, 0.29) is 16.8 Å². The molecule has 0 radical (unpaired) electrons. The van der Waals surface area contributed by atoms with Gasteiger partial charge in [0, 0.05) is 19.1 Å². The fraction of sp³-hybridized carbons (Fsp3) is 0.438. The molecule has 1 aliphatic heterocycles. The van der Waals surface area contributed by atoms with Gasteiger partial charge in [0.05, 0.1) is 10.6 Å². The first-order chi connectivity index (χ1) is 12.0. The lowest BCUT2D eigenvalue weighted by Crippen LogP contribution is -2.46. The summed E-state index contributed by atoms with van der Waals surface area (Å²) in [5.41, 5.74) is 0.724. The monoisotopic (exact) mass is 380 g/mol. The summed E-state index contributed by atoms with van der Waals surface area (Å²) in [5.74, 6) is -0.0591. The molecule has 1 aromatic heterocycles. The lowest BCUT2D eigenvalue weighted by molar-refractivity contribution is 0.0715. The highest BCUT2D eigenvalue weighted by atomic mass is 32.2. The first-order valence-electron chi connectivity index (χ1n) is 8.19. The third-order valence-electron chi connectivity index (χ3n) is 4.24. The number of piperidine rings is 1. The summed E-state index contributed by atoms with van der Waals surface area (Å²) in [6.45, 7) is 2.97. The Kier molecular flexibility index (Phi) is 5.45. The van der Waals surface area contributed by atoms with Crippen molar-refractivity contribution in [2.45, 2.75) is 37.1 Å². The number of carbonyl (C=O) groups is 1. The van der Waals surface area contributed by atoms with Crippen LogP contribution in [0.15, 0.2) is 35.2 Å². The molecular formula is C16H20N4O3S2. The second-order valence-corrected chi connectivity index (χ2v) is 8.37. The molecule has 25 heavy (non-hydrogen) atoms. The Morgan fingerprint density at radius 3 is 2.60 bits per heavy atom. The van der Waals surface area contributed by atoms with Crippen molar-refractivity contribution in [3.8, 4) is 0 Å². The summed E-state index contributed by atoms with van der Waals surface area (Å²) in [5, 5.41) is 3.98. The van der Waals surface area contributed by atoms with E-state index >= 15 is 0 Å². The molecule has 0 aliphatic carbocycles. The van der Waals surface area contributed by atoms with E-state index in [1.54, 1.807) is 35.2 Å². The van der Waals surface area contributed by atoms with Crippen LogP contribution in [-0.2, 0) is 16.4 Å². The normalized spacial score (nSPS) is 16.1. The van der Waals surface area contributed by atoms with Gasteiger partial charge in [0.2, 0.25) is 10.0 Å². The van der Waals surface area contributed by atoms with Gasteiger partial charge in [-0.2, -0.15) is 0 Å². The van der Waals surface area contributed by atoms with Gasteiger partial charge in [0.25, 0.3) is 5.91 Å². The lowest BCUT2D eigenvalue weighted by atomic mass is 10.1. The molecule has 7 nitrogen and oxygen atoms in total. The minimum Gasteiger partial charge on any atom is -0.338 e. The van der Waals surface area contributed by atoms with Gasteiger partial charge in [-0.15, -0.1) is 5.10 Å². The second-order valence-electron chi connectivity index (χ2n) is 5.90. The zero-order valence-corrected chi connectivity index (χ0v) is 15.5. The maximum atomic E-state index is 12.6. The fourth-order valence-electron chi connectivity index (χ4n) is 2.83. The van der Waals surface area contributed by atoms with Crippen molar-refractivity contribution in [3.63, 3.8) is 0 Å². The molecule has 0 atom stereocenters. The van der Waals surface area contributed by atoms with E-state index < -0.39 is 10.0 Å². The number of aromatic nitrogens is 2. The highest BCUT2D eigenvalue weighted by molar-refractivity contribution is 7.89. The van der Waals surface area contributed by atoms with Crippen LogP contribution in [0, 0.1) is 0 Å². The van der Waals surface area contributed by atoms with Crippen LogP contribution in [-0.4, -0.2) is 47.9 Å². The van der Waals surface area contributed by atoms with Gasteiger partial charge >= 0.3 is 0 Å². The number of benzene rings is 1. The van der Waals surface area contributed by atoms with E-state index in [0.29, 0.717) is 37.2 Å². The molecule has 0 bridgehead atoms. The summed E-state index contributed by atoms with van der Waals surface area (Å²) in [4.78, 5) is 15.2. The number of rotatable bonds is 5. The summed E-state index contributed by atoms with van der Waals surface area (Å²) >= 11 is 1.12. The molecule has 1 saturated heterocycles. The first kappa shape index (κ1) is 18.0. The minimum atomic E-state index is -3.52. The van der Waals surface area contributed by atoms with Crippen molar-refractivity contribution in [3.05, 3.63) is 40.9 Å². The van der Waals surface area contributed by atoms with Gasteiger partial charge in [-0.1, -0.05) is 29.6 Å². The molecule has 2 heterocycles. The van der Waals surface area contributed by atoms with Crippen molar-refractivity contribution in [2.24, 2.45) is 0 Å². The van der Waals surface area contributed by atoms with Crippen LogP contribution in [0.4, 0.5) is 0 Å². The van der Waals surface area contributed by atoms with Crippen LogP contribution >= 0.6 is 11.5 Å². The molecule has 134 valence electrons. The molecule has 1 fully saturated rings. The molecule has 1 aliphatic rings. The number of nitrogens with one attached hydrogen (secondary N) is 1. The van der Waals surface area contributed by atoms with Crippen LogP contribution in [0.1, 0.15) is 35.1 Å². The molecule has 1 aromatic carbocycles. The number of aryl methyl sites for hydroxylation is 1. The maximum Gasteiger partial charge on any atom is 0.267 e. The predicted octanol–water partition coefficient (Wildman–Crippen LogP) is 1.68. The molecule has 0 unspecified atom stereocenters. The number of hydrogen-bond donors (Lipinski definition) is 1.